The Morgan fingerprint density at radius 3 is 2.53 bits per heavy atom. The van der Waals surface area contributed by atoms with Gasteiger partial charge in [-0.3, -0.25) is 4.90 Å². The third-order valence-corrected chi connectivity index (χ3v) is 5.48. The van der Waals surface area contributed by atoms with Gasteiger partial charge in [-0.05, 0) is 24.3 Å². The first kappa shape index (κ1) is 20.4. The summed E-state index contributed by atoms with van der Waals surface area (Å²) in [7, 11) is 4.04. The van der Waals surface area contributed by atoms with E-state index >= 15 is 0 Å². The zero-order valence-electron chi connectivity index (χ0n) is 17.8. The SMILES string of the molecule is CNc1ccccc1NCc1nc(N(C)CCN2CCOCC2)c2ccccc2n1. The van der Waals surface area contributed by atoms with Crippen LogP contribution < -0.4 is 15.5 Å². The number of likely N-dealkylation sites (N-methyl/N-ethyl adjacent to an activating group) is 1. The van der Waals surface area contributed by atoms with E-state index in [1.54, 1.807) is 0 Å². The Kier molecular flexibility index (Phi) is 6.61. The van der Waals surface area contributed by atoms with Gasteiger partial charge >= 0.3 is 0 Å². The first-order valence-electron chi connectivity index (χ1n) is 10.5. The van der Waals surface area contributed by atoms with Crippen molar-refractivity contribution in [2.75, 3.05) is 69.0 Å². The Bertz CT molecular complexity index is 973. The molecule has 0 atom stereocenters. The van der Waals surface area contributed by atoms with Crippen molar-refractivity contribution < 1.29 is 4.74 Å². The second kappa shape index (κ2) is 9.73. The Morgan fingerprint density at radius 2 is 1.73 bits per heavy atom. The molecule has 1 saturated heterocycles. The Hall–Kier alpha value is -2.90. The number of hydrogen-bond acceptors (Lipinski definition) is 7. The molecule has 0 bridgehead atoms. The zero-order chi connectivity index (χ0) is 20.8. The lowest BCUT2D eigenvalue weighted by atomic mass is 10.2. The summed E-state index contributed by atoms with van der Waals surface area (Å²) >= 11 is 0. The quantitative estimate of drug-likeness (QED) is 0.596. The highest BCUT2D eigenvalue weighted by molar-refractivity contribution is 5.89. The van der Waals surface area contributed by atoms with Gasteiger partial charge in [-0.15, -0.1) is 0 Å². The lowest BCUT2D eigenvalue weighted by molar-refractivity contribution is 0.0393. The predicted molar refractivity (Wildman–Crippen MR) is 123 cm³/mol. The Morgan fingerprint density at radius 1 is 1.00 bits per heavy atom. The minimum atomic E-state index is 0.563. The molecule has 0 spiro atoms. The molecular weight excluding hydrogens is 376 g/mol. The lowest BCUT2D eigenvalue weighted by Crippen LogP contribution is -2.40. The normalized spacial score (nSPS) is 14.6. The number of morpholine rings is 1. The minimum Gasteiger partial charge on any atom is -0.386 e. The molecule has 7 nitrogen and oxygen atoms in total. The van der Waals surface area contributed by atoms with Crippen LogP contribution in [0.3, 0.4) is 0 Å². The minimum absolute atomic E-state index is 0.563. The van der Waals surface area contributed by atoms with Gasteiger partial charge in [0.1, 0.15) is 11.6 Å². The average Bonchev–Trinajstić information content (AvgIpc) is 2.81. The van der Waals surface area contributed by atoms with Gasteiger partial charge in [0.05, 0.1) is 36.6 Å². The van der Waals surface area contributed by atoms with E-state index in [0.717, 1.165) is 73.3 Å². The summed E-state index contributed by atoms with van der Waals surface area (Å²) in [6.07, 6.45) is 0. The van der Waals surface area contributed by atoms with Gasteiger partial charge < -0.3 is 20.3 Å². The van der Waals surface area contributed by atoms with Gasteiger partial charge in [-0.25, -0.2) is 9.97 Å². The molecule has 30 heavy (non-hydrogen) atoms. The van der Waals surface area contributed by atoms with Crippen LogP contribution in [0.5, 0.6) is 0 Å². The van der Waals surface area contributed by atoms with Gasteiger partial charge in [-0.2, -0.15) is 0 Å². The molecule has 2 aromatic carbocycles. The van der Waals surface area contributed by atoms with Crippen molar-refractivity contribution in [2.24, 2.45) is 0 Å². The summed E-state index contributed by atoms with van der Waals surface area (Å²) in [5.74, 6) is 1.76. The maximum Gasteiger partial charge on any atom is 0.150 e. The molecule has 1 fully saturated rings. The standard InChI is InChI=1S/C23H30N6O/c1-24-20-9-5-6-10-21(20)25-17-22-26-19-8-4-3-7-18(19)23(27-22)28(2)11-12-29-13-15-30-16-14-29/h3-10,24-25H,11-17H2,1-2H3. The van der Waals surface area contributed by atoms with Crippen molar-refractivity contribution in [3.05, 3.63) is 54.4 Å². The van der Waals surface area contributed by atoms with Crippen LogP contribution in [0.1, 0.15) is 5.82 Å². The molecule has 2 heterocycles. The number of fused-ring (bicyclic) bond motifs is 1. The van der Waals surface area contributed by atoms with Crippen molar-refractivity contribution in [2.45, 2.75) is 6.54 Å². The van der Waals surface area contributed by atoms with Crippen LogP contribution in [0.25, 0.3) is 10.9 Å². The largest absolute Gasteiger partial charge is 0.386 e. The van der Waals surface area contributed by atoms with E-state index in [-0.39, 0.29) is 0 Å². The summed E-state index contributed by atoms with van der Waals surface area (Å²) in [6.45, 7) is 6.12. The van der Waals surface area contributed by atoms with Crippen molar-refractivity contribution >= 4 is 28.1 Å². The Labute approximate surface area is 178 Å². The number of anilines is 3. The highest BCUT2D eigenvalue weighted by atomic mass is 16.5. The van der Waals surface area contributed by atoms with E-state index in [1.165, 1.54) is 0 Å². The molecule has 1 aromatic heterocycles. The average molecular weight is 407 g/mol. The number of ether oxygens (including phenoxy) is 1. The molecule has 0 amide bonds. The first-order chi connectivity index (χ1) is 14.7. The summed E-state index contributed by atoms with van der Waals surface area (Å²) in [4.78, 5) is 14.4. The van der Waals surface area contributed by atoms with E-state index < -0.39 is 0 Å². The van der Waals surface area contributed by atoms with Crippen molar-refractivity contribution in [1.29, 1.82) is 0 Å². The first-order valence-corrected chi connectivity index (χ1v) is 10.5. The number of rotatable bonds is 8. The number of benzene rings is 2. The Balaban J connectivity index is 1.52. The summed E-state index contributed by atoms with van der Waals surface area (Å²) in [5, 5.41) is 7.77. The molecule has 0 aliphatic carbocycles. The number of para-hydroxylation sites is 3. The summed E-state index contributed by atoms with van der Waals surface area (Å²) < 4.78 is 5.46. The fraction of sp³-hybridized carbons (Fsp3) is 0.391. The van der Waals surface area contributed by atoms with E-state index in [2.05, 4.69) is 51.7 Å². The number of nitrogens with one attached hydrogen (secondary N) is 2. The van der Waals surface area contributed by atoms with Gasteiger partial charge in [0.15, 0.2) is 0 Å². The molecule has 7 heteroatoms. The molecule has 1 aliphatic rings. The molecule has 0 radical (unpaired) electrons. The number of aromatic nitrogens is 2. The molecule has 1 aliphatic heterocycles. The van der Waals surface area contributed by atoms with Crippen LogP contribution in [-0.4, -0.2) is 68.4 Å². The van der Waals surface area contributed by atoms with Crippen LogP contribution in [0.4, 0.5) is 17.2 Å². The van der Waals surface area contributed by atoms with Gasteiger partial charge in [0.25, 0.3) is 0 Å². The third kappa shape index (κ3) is 4.80. The monoisotopic (exact) mass is 406 g/mol. The van der Waals surface area contributed by atoms with Crippen molar-refractivity contribution in [1.82, 2.24) is 14.9 Å². The number of hydrogen-bond donors (Lipinski definition) is 2. The van der Waals surface area contributed by atoms with Crippen molar-refractivity contribution in [3.8, 4) is 0 Å². The van der Waals surface area contributed by atoms with Crippen LogP contribution in [0.15, 0.2) is 48.5 Å². The van der Waals surface area contributed by atoms with Gasteiger partial charge in [0.2, 0.25) is 0 Å². The van der Waals surface area contributed by atoms with Crippen LogP contribution >= 0.6 is 0 Å². The molecule has 158 valence electrons. The molecule has 3 aromatic rings. The summed E-state index contributed by atoms with van der Waals surface area (Å²) in [6, 6.07) is 16.4. The van der Waals surface area contributed by atoms with E-state index in [1.807, 2.05) is 31.3 Å². The highest BCUT2D eigenvalue weighted by Crippen LogP contribution is 2.24. The van der Waals surface area contributed by atoms with Crippen LogP contribution in [0.2, 0.25) is 0 Å². The number of nitrogens with zero attached hydrogens (tertiary/aromatic N) is 4. The highest BCUT2D eigenvalue weighted by Gasteiger charge is 2.15. The second-order valence-electron chi connectivity index (χ2n) is 7.51. The predicted octanol–water partition coefficient (Wildman–Crippen LogP) is 3.05. The maximum absolute atomic E-state index is 5.46. The van der Waals surface area contributed by atoms with Crippen LogP contribution in [0, 0.1) is 0 Å². The zero-order valence-corrected chi connectivity index (χ0v) is 17.8. The second-order valence-corrected chi connectivity index (χ2v) is 7.51. The fourth-order valence-corrected chi connectivity index (χ4v) is 3.73. The van der Waals surface area contributed by atoms with Crippen LogP contribution in [-0.2, 0) is 11.3 Å². The summed E-state index contributed by atoms with van der Waals surface area (Å²) in [5.41, 5.74) is 3.07. The molecule has 4 rings (SSSR count). The molecule has 2 N–H and O–H groups in total. The molecule has 0 saturated carbocycles. The van der Waals surface area contributed by atoms with Crippen molar-refractivity contribution in [3.63, 3.8) is 0 Å². The van der Waals surface area contributed by atoms with Gasteiger partial charge in [0, 0.05) is 45.7 Å². The molecule has 0 unspecified atom stereocenters. The third-order valence-electron chi connectivity index (χ3n) is 5.48. The molecular formula is C23H30N6O. The lowest BCUT2D eigenvalue weighted by Gasteiger charge is -2.29. The topological polar surface area (TPSA) is 65.6 Å². The fourth-order valence-electron chi connectivity index (χ4n) is 3.73. The van der Waals surface area contributed by atoms with E-state index in [0.29, 0.717) is 6.54 Å². The maximum atomic E-state index is 5.46. The van der Waals surface area contributed by atoms with Gasteiger partial charge in [-0.1, -0.05) is 24.3 Å². The van der Waals surface area contributed by atoms with E-state index in [4.69, 9.17) is 14.7 Å². The smallest absolute Gasteiger partial charge is 0.150 e. The van der Waals surface area contributed by atoms with E-state index in [9.17, 15) is 0 Å².